The Balaban J connectivity index is 1.51. The maximum atomic E-state index is 12.5. The zero-order valence-electron chi connectivity index (χ0n) is 18.3. The number of ether oxygens (including phenoxy) is 1. The van der Waals surface area contributed by atoms with Crippen LogP contribution in [-0.2, 0) is 19.7 Å². The van der Waals surface area contributed by atoms with Crippen LogP contribution in [0.1, 0.15) is 67.6 Å². The van der Waals surface area contributed by atoms with E-state index in [0.717, 1.165) is 18.4 Å². The molecule has 2 aromatic carbocycles. The number of amides is 2. The fraction of sp³-hybridized carbons (Fsp3) is 0.400. The monoisotopic (exact) mass is 422 g/mol. The summed E-state index contributed by atoms with van der Waals surface area (Å²) in [5.41, 5.74) is 2.31. The Morgan fingerprint density at radius 3 is 2.23 bits per heavy atom. The first-order valence-electron chi connectivity index (χ1n) is 10.7. The Morgan fingerprint density at radius 2 is 1.65 bits per heavy atom. The number of nitrogens with one attached hydrogen (secondary N) is 2. The summed E-state index contributed by atoms with van der Waals surface area (Å²) in [6, 6.07) is 16.5. The molecule has 0 unspecified atom stereocenters. The van der Waals surface area contributed by atoms with Gasteiger partial charge in [-0.25, -0.2) is 0 Å². The molecular formula is C25H30N2O4. The van der Waals surface area contributed by atoms with Gasteiger partial charge in [0.1, 0.15) is 0 Å². The molecule has 1 aliphatic rings. The van der Waals surface area contributed by atoms with Crippen molar-refractivity contribution in [2.75, 3.05) is 6.54 Å². The van der Waals surface area contributed by atoms with Crippen LogP contribution in [0.4, 0.5) is 0 Å². The van der Waals surface area contributed by atoms with Gasteiger partial charge in [0, 0.05) is 23.7 Å². The van der Waals surface area contributed by atoms with Gasteiger partial charge in [0.25, 0.3) is 11.8 Å². The topological polar surface area (TPSA) is 84.5 Å². The Hall–Kier alpha value is -3.15. The molecule has 0 saturated heterocycles. The maximum absolute atomic E-state index is 12.5. The lowest BCUT2D eigenvalue weighted by molar-refractivity contribution is -0.156. The highest BCUT2D eigenvalue weighted by Crippen LogP contribution is 2.24. The molecule has 2 aromatic rings. The SMILES string of the molecule is CC(C)(C)c1ccc(C(=O)NCCC(=O)O[C@H](C(=O)NC2CC2)c2ccccc2)cc1. The van der Waals surface area contributed by atoms with E-state index in [2.05, 4.69) is 31.4 Å². The van der Waals surface area contributed by atoms with E-state index in [9.17, 15) is 14.4 Å². The Kier molecular flexibility index (Phi) is 7.10. The van der Waals surface area contributed by atoms with Gasteiger partial charge in [0.2, 0.25) is 6.10 Å². The summed E-state index contributed by atoms with van der Waals surface area (Å²) in [6.07, 6.45) is 0.884. The molecule has 1 aliphatic carbocycles. The van der Waals surface area contributed by atoms with Crippen molar-refractivity contribution in [3.63, 3.8) is 0 Å². The van der Waals surface area contributed by atoms with Crippen LogP contribution in [-0.4, -0.2) is 30.4 Å². The van der Waals surface area contributed by atoms with Gasteiger partial charge >= 0.3 is 5.97 Å². The third kappa shape index (κ3) is 6.67. The molecular weight excluding hydrogens is 392 g/mol. The van der Waals surface area contributed by atoms with Crippen molar-refractivity contribution in [1.29, 1.82) is 0 Å². The normalized spacial score (nSPS) is 14.4. The minimum atomic E-state index is -0.991. The fourth-order valence-electron chi connectivity index (χ4n) is 3.10. The summed E-state index contributed by atoms with van der Waals surface area (Å²) < 4.78 is 5.47. The molecule has 6 heteroatoms. The van der Waals surface area contributed by atoms with Crippen LogP contribution in [0.3, 0.4) is 0 Å². The maximum Gasteiger partial charge on any atom is 0.308 e. The second-order valence-corrected chi connectivity index (χ2v) is 8.90. The van der Waals surface area contributed by atoms with Gasteiger partial charge < -0.3 is 15.4 Å². The Bertz CT molecular complexity index is 913. The van der Waals surface area contributed by atoms with Crippen LogP contribution in [0.5, 0.6) is 0 Å². The number of benzene rings is 2. The van der Waals surface area contributed by atoms with Crippen molar-refractivity contribution in [1.82, 2.24) is 10.6 Å². The van der Waals surface area contributed by atoms with E-state index in [1.165, 1.54) is 0 Å². The highest BCUT2D eigenvalue weighted by Gasteiger charge is 2.30. The van der Waals surface area contributed by atoms with E-state index in [0.29, 0.717) is 11.1 Å². The van der Waals surface area contributed by atoms with Crippen LogP contribution in [0.25, 0.3) is 0 Å². The third-order valence-electron chi connectivity index (χ3n) is 5.14. The van der Waals surface area contributed by atoms with Crippen LogP contribution in [0, 0.1) is 0 Å². The summed E-state index contributed by atoms with van der Waals surface area (Å²) in [5.74, 6) is -1.10. The van der Waals surface area contributed by atoms with Gasteiger partial charge in [-0.15, -0.1) is 0 Å². The molecule has 0 aliphatic heterocycles. The number of esters is 1. The Labute approximate surface area is 183 Å². The molecule has 2 amide bonds. The van der Waals surface area contributed by atoms with Crippen molar-refractivity contribution in [2.24, 2.45) is 0 Å². The number of rotatable bonds is 8. The number of carbonyl (C=O) groups excluding carboxylic acids is 3. The molecule has 1 saturated carbocycles. The summed E-state index contributed by atoms with van der Waals surface area (Å²) in [4.78, 5) is 37.2. The van der Waals surface area contributed by atoms with E-state index >= 15 is 0 Å². The molecule has 31 heavy (non-hydrogen) atoms. The molecule has 0 aromatic heterocycles. The number of carbonyl (C=O) groups is 3. The van der Waals surface area contributed by atoms with Gasteiger partial charge in [0.15, 0.2) is 0 Å². The van der Waals surface area contributed by atoms with Crippen LogP contribution >= 0.6 is 0 Å². The highest BCUT2D eigenvalue weighted by atomic mass is 16.5. The minimum Gasteiger partial charge on any atom is -0.447 e. The molecule has 0 heterocycles. The lowest BCUT2D eigenvalue weighted by Gasteiger charge is -2.19. The first-order valence-corrected chi connectivity index (χ1v) is 10.7. The molecule has 0 spiro atoms. The van der Waals surface area contributed by atoms with E-state index < -0.39 is 12.1 Å². The summed E-state index contributed by atoms with van der Waals surface area (Å²) in [6.45, 7) is 6.47. The van der Waals surface area contributed by atoms with E-state index in [1.54, 1.807) is 36.4 Å². The second-order valence-electron chi connectivity index (χ2n) is 8.90. The predicted octanol–water partition coefficient (Wildman–Crippen LogP) is 3.67. The van der Waals surface area contributed by atoms with Crippen molar-refractivity contribution in [2.45, 2.75) is 57.6 Å². The van der Waals surface area contributed by atoms with E-state index in [4.69, 9.17) is 4.74 Å². The van der Waals surface area contributed by atoms with Crippen LogP contribution < -0.4 is 10.6 Å². The predicted molar refractivity (Wildman–Crippen MR) is 119 cm³/mol. The highest BCUT2D eigenvalue weighted by molar-refractivity contribution is 5.94. The molecule has 164 valence electrons. The van der Waals surface area contributed by atoms with Crippen LogP contribution in [0.2, 0.25) is 0 Å². The summed E-state index contributed by atoms with van der Waals surface area (Å²) in [7, 11) is 0. The van der Waals surface area contributed by atoms with Gasteiger partial charge in [-0.2, -0.15) is 0 Å². The summed E-state index contributed by atoms with van der Waals surface area (Å²) in [5, 5.41) is 5.61. The van der Waals surface area contributed by atoms with Crippen molar-refractivity contribution in [3.8, 4) is 0 Å². The average Bonchev–Trinajstić information content (AvgIpc) is 3.56. The molecule has 1 atom stereocenters. The lowest BCUT2D eigenvalue weighted by atomic mass is 9.87. The zero-order chi connectivity index (χ0) is 22.4. The first kappa shape index (κ1) is 22.5. The van der Waals surface area contributed by atoms with Crippen molar-refractivity contribution >= 4 is 17.8 Å². The minimum absolute atomic E-state index is 0.0137. The Morgan fingerprint density at radius 1 is 1.00 bits per heavy atom. The quantitative estimate of drug-likeness (QED) is 0.636. The second kappa shape index (κ2) is 9.77. The smallest absolute Gasteiger partial charge is 0.308 e. The number of hydrogen-bond donors (Lipinski definition) is 2. The van der Waals surface area contributed by atoms with Gasteiger partial charge in [-0.05, 0) is 36.0 Å². The fourth-order valence-corrected chi connectivity index (χ4v) is 3.10. The molecule has 0 radical (unpaired) electrons. The molecule has 1 fully saturated rings. The molecule has 6 nitrogen and oxygen atoms in total. The third-order valence-corrected chi connectivity index (χ3v) is 5.14. The first-order chi connectivity index (χ1) is 14.7. The van der Waals surface area contributed by atoms with E-state index in [1.807, 2.05) is 18.2 Å². The van der Waals surface area contributed by atoms with Gasteiger partial charge in [0.05, 0.1) is 6.42 Å². The van der Waals surface area contributed by atoms with Gasteiger partial charge in [-0.1, -0.05) is 63.2 Å². The van der Waals surface area contributed by atoms with E-state index in [-0.39, 0.29) is 36.2 Å². The standard InChI is InChI=1S/C25H30N2O4/c1-25(2,3)19-11-9-18(10-12-19)23(29)26-16-15-21(28)31-22(17-7-5-4-6-8-17)24(30)27-20-13-14-20/h4-12,20,22H,13-16H2,1-3H3,(H,26,29)(H,27,30)/t22-/m0/s1. The zero-order valence-corrected chi connectivity index (χ0v) is 18.3. The molecule has 3 rings (SSSR count). The number of hydrogen-bond acceptors (Lipinski definition) is 4. The van der Waals surface area contributed by atoms with Crippen molar-refractivity contribution < 1.29 is 19.1 Å². The van der Waals surface area contributed by atoms with Crippen molar-refractivity contribution in [3.05, 3.63) is 71.3 Å². The summed E-state index contributed by atoms with van der Waals surface area (Å²) >= 11 is 0. The molecule has 0 bridgehead atoms. The molecule has 2 N–H and O–H groups in total. The largest absolute Gasteiger partial charge is 0.447 e. The average molecular weight is 423 g/mol. The van der Waals surface area contributed by atoms with Gasteiger partial charge in [-0.3, -0.25) is 14.4 Å². The lowest BCUT2D eigenvalue weighted by Crippen LogP contribution is -2.34. The van der Waals surface area contributed by atoms with Crippen LogP contribution in [0.15, 0.2) is 54.6 Å².